The third kappa shape index (κ3) is 5.35. The van der Waals surface area contributed by atoms with Crippen LogP contribution < -0.4 is 16.2 Å². The highest BCUT2D eigenvalue weighted by molar-refractivity contribution is 6.01. The van der Waals surface area contributed by atoms with Gasteiger partial charge in [-0.25, -0.2) is 20.0 Å². The molecule has 0 aliphatic carbocycles. The van der Waals surface area contributed by atoms with Gasteiger partial charge in [0.15, 0.2) is 0 Å². The van der Waals surface area contributed by atoms with Gasteiger partial charge in [0.1, 0.15) is 12.6 Å². The minimum atomic E-state index is -0.880. The lowest BCUT2D eigenvalue weighted by atomic mass is 10.0. The Morgan fingerprint density at radius 1 is 0.941 bits per heavy atom. The maximum absolute atomic E-state index is 13.5. The second-order valence-electron chi connectivity index (χ2n) is 7.96. The second-order valence-corrected chi connectivity index (χ2v) is 7.96. The van der Waals surface area contributed by atoms with E-state index in [1.807, 2.05) is 66.7 Å². The number of benzene rings is 3. The predicted octanol–water partition coefficient (Wildman–Crippen LogP) is 4.07. The Bertz CT molecular complexity index is 1150. The molecule has 1 aliphatic heterocycles. The molecule has 8 nitrogen and oxygen atoms in total. The maximum Gasteiger partial charge on any atom is 0.410 e. The van der Waals surface area contributed by atoms with E-state index in [4.69, 9.17) is 10.5 Å². The fourth-order valence-corrected chi connectivity index (χ4v) is 4.01. The van der Waals surface area contributed by atoms with Crippen molar-refractivity contribution in [1.82, 2.24) is 10.3 Å². The lowest BCUT2D eigenvalue weighted by Crippen LogP contribution is -2.55. The molecule has 0 radical (unpaired) electrons. The number of carbonyl (C=O) groups excluding carboxylic acids is 3. The number of nitrogens with one attached hydrogen (secondary N) is 1. The van der Waals surface area contributed by atoms with Crippen molar-refractivity contribution in [2.24, 2.45) is 5.73 Å². The van der Waals surface area contributed by atoms with E-state index in [-0.39, 0.29) is 6.61 Å². The van der Waals surface area contributed by atoms with Gasteiger partial charge >= 0.3 is 12.1 Å². The zero-order valence-corrected chi connectivity index (χ0v) is 18.6. The molecule has 174 valence electrons. The highest BCUT2D eigenvalue weighted by Crippen LogP contribution is 2.27. The quantitative estimate of drug-likeness (QED) is 0.562. The van der Waals surface area contributed by atoms with E-state index in [0.29, 0.717) is 25.1 Å². The topological polar surface area (TPSA) is 105 Å². The van der Waals surface area contributed by atoms with Crippen LogP contribution in [-0.4, -0.2) is 35.5 Å². The summed E-state index contributed by atoms with van der Waals surface area (Å²) in [6.07, 6.45) is 0.525. The van der Waals surface area contributed by atoms with Gasteiger partial charge in [0, 0.05) is 6.54 Å². The number of amides is 4. The van der Waals surface area contributed by atoms with Gasteiger partial charge in [0.25, 0.3) is 5.91 Å². The number of likely N-dealkylation sites (tertiary alicyclic amines) is 1. The molecule has 0 bridgehead atoms. The summed E-state index contributed by atoms with van der Waals surface area (Å²) >= 11 is 0. The summed E-state index contributed by atoms with van der Waals surface area (Å²) in [6.45, 7) is 0.498. The minimum Gasteiger partial charge on any atom is -0.445 e. The molecule has 1 atom stereocenters. The molecular weight excluding hydrogens is 432 g/mol. The number of nitrogens with zero attached hydrogens (tertiary/aromatic N) is 2. The number of carbonyl (C=O) groups is 3. The van der Waals surface area contributed by atoms with E-state index >= 15 is 0 Å². The van der Waals surface area contributed by atoms with E-state index in [0.717, 1.165) is 21.7 Å². The molecule has 0 spiro atoms. The highest BCUT2D eigenvalue weighted by atomic mass is 16.6. The van der Waals surface area contributed by atoms with Crippen LogP contribution in [0.25, 0.3) is 11.1 Å². The van der Waals surface area contributed by atoms with Crippen molar-refractivity contribution in [3.05, 3.63) is 90.5 Å². The highest BCUT2D eigenvalue weighted by Gasteiger charge is 2.38. The third-order valence-electron chi connectivity index (χ3n) is 5.63. The summed E-state index contributed by atoms with van der Waals surface area (Å²) in [4.78, 5) is 39.4. The monoisotopic (exact) mass is 458 g/mol. The number of ether oxygens (including phenoxy) is 1. The average molecular weight is 459 g/mol. The van der Waals surface area contributed by atoms with Crippen LogP contribution in [0.1, 0.15) is 18.4 Å². The number of nitrogens with two attached hydrogens (primary N) is 1. The van der Waals surface area contributed by atoms with Gasteiger partial charge in [0.05, 0.1) is 5.69 Å². The van der Waals surface area contributed by atoms with Crippen molar-refractivity contribution in [3.8, 4) is 11.1 Å². The standard InChI is InChI=1S/C26H26N4O4/c27-25(32)28-30(22-14-7-13-21(17-22)20-11-5-2-6-12-20)24(31)23-15-8-16-29(23)26(33)34-18-19-9-3-1-4-10-19/h1-7,9-14,17,23H,8,15-16,18H2,(H3,27,28,32). The summed E-state index contributed by atoms with van der Waals surface area (Å²) in [7, 11) is 0. The summed E-state index contributed by atoms with van der Waals surface area (Å²) < 4.78 is 5.44. The van der Waals surface area contributed by atoms with E-state index in [1.54, 1.807) is 18.2 Å². The van der Waals surface area contributed by atoms with Crippen LogP contribution in [0, 0.1) is 0 Å². The molecule has 34 heavy (non-hydrogen) atoms. The van der Waals surface area contributed by atoms with Crippen molar-refractivity contribution in [1.29, 1.82) is 0 Å². The fraction of sp³-hybridized carbons (Fsp3) is 0.192. The zero-order chi connectivity index (χ0) is 23.9. The number of primary amides is 1. The molecule has 3 aromatic rings. The summed E-state index contributed by atoms with van der Waals surface area (Å²) in [5, 5.41) is 1.11. The number of anilines is 1. The summed E-state index contributed by atoms with van der Waals surface area (Å²) in [5.74, 6) is -0.460. The number of hydrogen-bond donors (Lipinski definition) is 2. The average Bonchev–Trinajstić information content (AvgIpc) is 3.37. The first-order valence-corrected chi connectivity index (χ1v) is 11.1. The van der Waals surface area contributed by atoms with Crippen LogP contribution in [0.4, 0.5) is 15.3 Å². The molecule has 0 aromatic heterocycles. The van der Waals surface area contributed by atoms with Crippen molar-refractivity contribution in [2.75, 3.05) is 11.6 Å². The van der Waals surface area contributed by atoms with Gasteiger partial charge in [-0.15, -0.1) is 0 Å². The van der Waals surface area contributed by atoms with Crippen molar-refractivity contribution in [2.45, 2.75) is 25.5 Å². The largest absolute Gasteiger partial charge is 0.445 e. The predicted molar refractivity (Wildman–Crippen MR) is 128 cm³/mol. The van der Waals surface area contributed by atoms with Crippen LogP contribution in [0.15, 0.2) is 84.9 Å². The number of hydrogen-bond acceptors (Lipinski definition) is 4. The van der Waals surface area contributed by atoms with Crippen LogP contribution >= 0.6 is 0 Å². The molecule has 4 amide bonds. The minimum absolute atomic E-state index is 0.111. The van der Waals surface area contributed by atoms with Crippen molar-refractivity contribution < 1.29 is 19.1 Å². The molecule has 1 unspecified atom stereocenters. The first kappa shape index (κ1) is 22.8. The van der Waals surface area contributed by atoms with E-state index in [2.05, 4.69) is 5.43 Å². The number of urea groups is 1. The van der Waals surface area contributed by atoms with Gasteiger partial charge in [-0.2, -0.15) is 0 Å². The number of hydrazine groups is 1. The molecule has 3 N–H and O–H groups in total. The second kappa shape index (κ2) is 10.5. The first-order chi connectivity index (χ1) is 16.5. The Kier molecular flexibility index (Phi) is 7.07. The van der Waals surface area contributed by atoms with Crippen LogP contribution in [0.5, 0.6) is 0 Å². The van der Waals surface area contributed by atoms with Gasteiger partial charge < -0.3 is 10.5 Å². The normalized spacial score (nSPS) is 14.9. The Labute approximate surface area is 197 Å². The lowest BCUT2D eigenvalue weighted by molar-refractivity contribution is -0.123. The molecule has 1 heterocycles. The Balaban J connectivity index is 1.54. The molecule has 8 heteroatoms. The first-order valence-electron chi connectivity index (χ1n) is 11.1. The van der Waals surface area contributed by atoms with Crippen LogP contribution in [-0.2, 0) is 16.1 Å². The molecule has 4 rings (SSSR count). The number of rotatable bonds is 5. The molecule has 3 aromatic carbocycles. The molecule has 1 fully saturated rings. The van der Waals surface area contributed by atoms with E-state index < -0.39 is 24.1 Å². The third-order valence-corrected chi connectivity index (χ3v) is 5.63. The van der Waals surface area contributed by atoms with Crippen LogP contribution in [0.3, 0.4) is 0 Å². The Hall–Kier alpha value is -4.33. The maximum atomic E-state index is 13.5. The van der Waals surface area contributed by atoms with E-state index in [9.17, 15) is 14.4 Å². The van der Waals surface area contributed by atoms with Gasteiger partial charge in [-0.1, -0.05) is 72.8 Å². The van der Waals surface area contributed by atoms with Crippen LogP contribution in [0.2, 0.25) is 0 Å². The van der Waals surface area contributed by atoms with Crippen molar-refractivity contribution in [3.63, 3.8) is 0 Å². The molecule has 1 saturated heterocycles. The smallest absolute Gasteiger partial charge is 0.410 e. The molecule has 0 saturated carbocycles. The van der Waals surface area contributed by atoms with Crippen molar-refractivity contribution >= 4 is 23.7 Å². The SMILES string of the molecule is NC(=O)NN(C(=O)C1CCCN1C(=O)OCc1ccccc1)c1cccc(-c2ccccc2)c1. The molecule has 1 aliphatic rings. The molecular formula is C26H26N4O4. The van der Waals surface area contributed by atoms with Gasteiger partial charge in [-0.05, 0) is 41.7 Å². The lowest BCUT2D eigenvalue weighted by Gasteiger charge is -2.29. The Morgan fingerprint density at radius 3 is 2.32 bits per heavy atom. The fourth-order valence-electron chi connectivity index (χ4n) is 4.01. The van der Waals surface area contributed by atoms with Gasteiger partial charge in [-0.3, -0.25) is 9.69 Å². The summed E-state index contributed by atoms with van der Waals surface area (Å²) in [6, 6.07) is 24.5. The summed E-state index contributed by atoms with van der Waals surface area (Å²) in [5.41, 5.74) is 10.9. The Morgan fingerprint density at radius 2 is 1.62 bits per heavy atom. The van der Waals surface area contributed by atoms with Gasteiger partial charge in [0.2, 0.25) is 0 Å². The zero-order valence-electron chi connectivity index (χ0n) is 18.6. The van der Waals surface area contributed by atoms with E-state index in [1.165, 1.54) is 4.90 Å².